The fourth-order valence-electron chi connectivity index (χ4n) is 3.47. The first-order chi connectivity index (χ1) is 16.3. The molecule has 0 aliphatic rings. The number of hydrazone groups is 1. The molecule has 1 heterocycles. The van der Waals surface area contributed by atoms with Crippen molar-refractivity contribution in [3.05, 3.63) is 35.9 Å². The number of benzene rings is 2. The number of carbonyl (C=O) groups is 1. The number of para-hydroxylation sites is 1. The molecule has 3 rings (SSSR count). The zero-order chi connectivity index (χ0) is 26.1. The Labute approximate surface area is 200 Å². The Bertz CT molecular complexity index is 1550. The Morgan fingerprint density at radius 1 is 1.17 bits per heavy atom. The Hall–Kier alpha value is -3.77. The van der Waals surface area contributed by atoms with Crippen LogP contribution >= 0.6 is 0 Å². The van der Waals surface area contributed by atoms with Crippen molar-refractivity contribution in [3.63, 3.8) is 0 Å². The molecule has 0 aliphatic heterocycles. The van der Waals surface area contributed by atoms with Gasteiger partial charge in [-0.1, -0.05) is 18.2 Å². The minimum absolute atomic E-state index is 0.0852. The summed E-state index contributed by atoms with van der Waals surface area (Å²) in [4.78, 5) is 17.4. The summed E-state index contributed by atoms with van der Waals surface area (Å²) >= 11 is 0. The van der Waals surface area contributed by atoms with E-state index in [4.69, 9.17) is 28.2 Å². The van der Waals surface area contributed by atoms with Crippen LogP contribution in [0.1, 0.15) is 18.9 Å². The molecule has 17 heteroatoms. The number of amidine groups is 1. The third-order valence-corrected chi connectivity index (χ3v) is 7.25. The molecule has 1 amide bonds. The number of hydrazine groups is 1. The number of hydrogen-bond acceptors (Lipinski definition) is 11. The molecular formula is C18H24N10O5S2. The van der Waals surface area contributed by atoms with E-state index in [9.17, 15) is 21.6 Å². The van der Waals surface area contributed by atoms with Crippen LogP contribution in [0.5, 0.6) is 0 Å². The molecule has 0 saturated heterocycles. The maximum absolute atomic E-state index is 13.0. The second-order valence-electron chi connectivity index (χ2n) is 7.52. The highest BCUT2D eigenvalue weighted by Gasteiger charge is 2.33. The van der Waals surface area contributed by atoms with Gasteiger partial charge < -0.3 is 22.2 Å². The van der Waals surface area contributed by atoms with Crippen LogP contribution in [0, 0.1) is 0 Å². The number of imidazole rings is 1. The van der Waals surface area contributed by atoms with Gasteiger partial charge in [-0.15, -0.1) is 5.10 Å². The summed E-state index contributed by atoms with van der Waals surface area (Å²) in [6.07, 6.45) is -0.335. The SMILES string of the molecule is CC(N)CC(=O)NS(=O)(=O)c1ccc(-c2cccc3[nH]c(N)nc23)c(/C(N)=N/NN)c1S(N)(=O)=O. The quantitative estimate of drug-likeness (QED) is 0.0695. The number of nitrogens with one attached hydrogen (secondary N) is 3. The lowest BCUT2D eigenvalue weighted by atomic mass is 9.97. The molecule has 13 N–H and O–H groups in total. The number of aromatic nitrogens is 2. The molecule has 2 aromatic carbocycles. The van der Waals surface area contributed by atoms with Gasteiger partial charge in [-0.05, 0) is 24.6 Å². The molecule has 15 nitrogen and oxygen atoms in total. The summed E-state index contributed by atoms with van der Waals surface area (Å²) < 4.78 is 53.3. The van der Waals surface area contributed by atoms with Crippen molar-refractivity contribution in [1.29, 1.82) is 0 Å². The van der Waals surface area contributed by atoms with Crippen molar-refractivity contribution in [2.45, 2.75) is 29.2 Å². The Morgan fingerprint density at radius 3 is 2.46 bits per heavy atom. The topological polar surface area (TPSA) is 281 Å². The van der Waals surface area contributed by atoms with Gasteiger partial charge in [0.05, 0.1) is 11.0 Å². The third-order valence-electron chi connectivity index (χ3n) is 4.71. The van der Waals surface area contributed by atoms with Crippen molar-refractivity contribution in [2.24, 2.45) is 27.6 Å². The number of fused-ring (bicyclic) bond motifs is 1. The second kappa shape index (κ2) is 9.47. The summed E-state index contributed by atoms with van der Waals surface area (Å²) in [5.41, 5.74) is 20.1. The first kappa shape index (κ1) is 25.8. The van der Waals surface area contributed by atoms with E-state index >= 15 is 0 Å². The Kier molecular flexibility index (Phi) is 6.99. The van der Waals surface area contributed by atoms with Gasteiger partial charge in [0.2, 0.25) is 15.9 Å². The van der Waals surface area contributed by atoms with E-state index in [0.29, 0.717) is 16.6 Å². The molecule has 1 unspecified atom stereocenters. The molecule has 0 bridgehead atoms. The van der Waals surface area contributed by atoms with Crippen molar-refractivity contribution in [2.75, 3.05) is 5.73 Å². The largest absolute Gasteiger partial charge is 0.382 e. The zero-order valence-electron chi connectivity index (χ0n) is 18.3. The van der Waals surface area contributed by atoms with E-state index in [0.717, 1.165) is 6.07 Å². The number of primary sulfonamides is 1. The van der Waals surface area contributed by atoms with Gasteiger partial charge in [-0.2, -0.15) is 0 Å². The Balaban J connectivity index is 2.41. The first-order valence-electron chi connectivity index (χ1n) is 9.81. The molecule has 188 valence electrons. The van der Waals surface area contributed by atoms with Gasteiger partial charge in [0.1, 0.15) is 9.79 Å². The number of aromatic amines is 1. The summed E-state index contributed by atoms with van der Waals surface area (Å²) in [5, 5.41) is 9.05. The number of amides is 1. The molecule has 3 aromatic rings. The van der Waals surface area contributed by atoms with Crippen LogP contribution in [0.25, 0.3) is 22.2 Å². The van der Waals surface area contributed by atoms with E-state index in [-0.39, 0.29) is 23.5 Å². The zero-order valence-corrected chi connectivity index (χ0v) is 19.9. The number of anilines is 1. The van der Waals surface area contributed by atoms with Crippen LogP contribution in [0.4, 0.5) is 5.95 Å². The minimum atomic E-state index is -4.79. The molecule has 0 radical (unpaired) electrons. The van der Waals surface area contributed by atoms with Gasteiger partial charge in [0, 0.05) is 23.6 Å². The van der Waals surface area contributed by atoms with Crippen LogP contribution in [0.2, 0.25) is 0 Å². The van der Waals surface area contributed by atoms with Crippen LogP contribution in [-0.4, -0.2) is 44.6 Å². The van der Waals surface area contributed by atoms with Crippen LogP contribution in [0.3, 0.4) is 0 Å². The van der Waals surface area contributed by atoms with E-state index in [1.807, 2.05) is 5.53 Å². The second-order valence-corrected chi connectivity index (χ2v) is 10.7. The van der Waals surface area contributed by atoms with E-state index in [2.05, 4.69) is 15.1 Å². The fourth-order valence-corrected chi connectivity index (χ4v) is 6.08. The number of nitrogens with zero attached hydrogens (tertiary/aromatic N) is 2. The monoisotopic (exact) mass is 524 g/mol. The molecule has 0 saturated carbocycles. The smallest absolute Gasteiger partial charge is 0.265 e. The van der Waals surface area contributed by atoms with Gasteiger partial charge in [-0.25, -0.2) is 43.1 Å². The molecule has 35 heavy (non-hydrogen) atoms. The fraction of sp³-hybridized carbons (Fsp3) is 0.167. The number of nitrogen functional groups attached to an aromatic ring is 1. The predicted octanol–water partition coefficient (Wildman–Crippen LogP) is -1.91. The first-order valence-corrected chi connectivity index (χ1v) is 12.8. The van der Waals surface area contributed by atoms with Crippen molar-refractivity contribution < 1.29 is 21.6 Å². The predicted molar refractivity (Wildman–Crippen MR) is 129 cm³/mol. The Morgan fingerprint density at radius 2 is 1.86 bits per heavy atom. The van der Waals surface area contributed by atoms with E-state index in [1.165, 1.54) is 13.0 Å². The van der Waals surface area contributed by atoms with Gasteiger partial charge in [0.25, 0.3) is 10.0 Å². The molecule has 0 spiro atoms. The number of carbonyl (C=O) groups excluding carboxylic acids is 1. The average Bonchev–Trinajstić information content (AvgIpc) is 3.11. The number of rotatable bonds is 8. The molecule has 0 fully saturated rings. The van der Waals surface area contributed by atoms with Crippen molar-refractivity contribution in [3.8, 4) is 11.1 Å². The van der Waals surface area contributed by atoms with E-state index < -0.39 is 47.6 Å². The minimum Gasteiger partial charge on any atom is -0.382 e. The number of nitrogens with two attached hydrogens (primary N) is 5. The van der Waals surface area contributed by atoms with Crippen molar-refractivity contribution in [1.82, 2.24) is 20.2 Å². The lowest BCUT2D eigenvalue weighted by Gasteiger charge is -2.18. The summed E-state index contributed by atoms with van der Waals surface area (Å²) in [6.45, 7) is 1.49. The van der Waals surface area contributed by atoms with Gasteiger partial charge >= 0.3 is 0 Å². The summed E-state index contributed by atoms with van der Waals surface area (Å²) in [5.74, 6) is 3.85. The van der Waals surface area contributed by atoms with Crippen LogP contribution in [-0.2, 0) is 24.8 Å². The lowest BCUT2D eigenvalue weighted by Crippen LogP contribution is -2.36. The van der Waals surface area contributed by atoms with Gasteiger partial charge in [-0.3, -0.25) is 4.79 Å². The standard InChI is InChI=1S/C18H24N10O5S2/c1-8(19)7-13(29)27-35(32,33)12-6-5-9(10-3-2-4-11-15(10)25-18(21)24-11)14(17(20)26-28-22)16(12)34(23,30)31/h2-6,8,28H,7,19,22H2,1H3,(H2,20,26)(H,27,29)(H3,21,24,25)(H2,23,30,31). The maximum Gasteiger partial charge on any atom is 0.265 e. The summed E-state index contributed by atoms with van der Waals surface area (Å²) in [7, 11) is -9.53. The van der Waals surface area contributed by atoms with Gasteiger partial charge in [0.15, 0.2) is 11.8 Å². The van der Waals surface area contributed by atoms with Crippen molar-refractivity contribution >= 4 is 48.8 Å². The highest BCUT2D eigenvalue weighted by Crippen LogP contribution is 2.36. The third kappa shape index (κ3) is 5.33. The number of sulfonamides is 2. The lowest BCUT2D eigenvalue weighted by molar-refractivity contribution is -0.119. The number of hydrogen-bond donors (Lipinski definition) is 8. The van der Waals surface area contributed by atoms with Crippen LogP contribution < -0.4 is 38.4 Å². The molecular weight excluding hydrogens is 500 g/mol. The molecule has 1 aromatic heterocycles. The molecule has 1 atom stereocenters. The number of H-pyrrole nitrogens is 1. The highest BCUT2D eigenvalue weighted by atomic mass is 32.2. The average molecular weight is 525 g/mol. The highest BCUT2D eigenvalue weighted by molar-refractivity contribution is 7.92. The van der Waals surface area contributed by atoms with E-state index in [1.54, 1.807) is 22.9 Å². The normalized spacial score (nSPS) is 13.5. The maximum atomic E-state index is 13.0. The molecule has 0 aliphatic carbocycles. The van der Waals surface area contributed by atoms with Crippen LogP contribution in [0.15, 0.2) is 45.2 Å². The summed E-state index contributed by atoms with van der Waals surface area (Å²) in [6, 6.07) is 6.47.